The lowest BCUT2D eigenvalue weighted by Gasteiger charge is -2.15. The molecule has 2 N–H and O–H groups in total. The van der Waals surface area contributed by atoms with E-state index in [0.29, 0.717) is 0 Å². The number of ether oxygens (including phenoxy) is 1. The van der Waals surface area contributed by atoms with Gasteiger partial charge in [0.25, 0.3) is 0 Å². The number of fused-ring (bicyclic) bond motifs is 3. The quantitative estimate of drug-likeness (QED) is 0.892. The molecule has 1 amide bonds. The standard InChI is InChI=1S/C18H18FNO3/c19-12(10-21)9-20-18(22)23-11-17-15-7-3-1-5-13(15)14-6-2-4-8-16(14)17/h1-8,12,17,21H,9-11H2,(H,20,22). The van der Waals surface area contributed by atoms with Gasteiger partial charge in [0.2, 0.25) is 0 Å². The molecule has 1 aliphatic carbocycles. The second-order valence-corrected chi connectivity index (χ2v) is 5.49. The minimum Gasteiger partial charge on any atom is -0.449 e. The highest BCUT2D eigenvalue weighted by molar-refractivity contribution is 5.79. The lowest BCUT2D eigenvalue weighted by molar-refractivity contribution is 0.132. The average molecular weight is 315 g/mol. The Balaban J connectivity index is 1.70. The van der Waals surface area contributed by atoms with Crippen molar-refractivity contribution in [1.29, 1.82) is 0 Å². The van der Waals surface area contributed by atoms with Gasteiger partial charge in [-0.25, -0.2) is 9.18 Å². The van der Waals surface area contributed by atoms with Gasteiger partial charge in [0.15, 0.2) is 0 Å². The number of benzene rings is 2. The van der Waals surface area contributed by atoms with Crippen LogP contribution in [0.2, 0.25) is 0 Å². The van der Waals surface area contributed by atoms with Gasteiger partial charge in [-0.15, -0.1) is 0 Å². The third kappa shape index (κ3) is 3.19. The number of rotatable bonds is 5. The average Bonchev–Trinajstić information content (AvgIpc) is 2.92. The van der Waals surface area contributed by atoms with E-state index in [2.05, 4.69) is 17.4 Å². The fourth-order valence-electron chi connectivity index (χ4n) is 2.91. The van der Waals surface area contributed by atoms with E-state index in [0.717, 1.165) is 22.3 Å². The number of halogens is 1. The van der Waals surface area contributed by atoms with Crippen LogP contribution >= 0.6 is 0 Å². The molecular weight excluding hydrogens is 297 g/mol. The van der Waals surface area contributed by atoms with Crippen LogP contribution in [0.25, 0.3) is 11.1 Å². The van der Waals surface area contributed by atoms with Crippen LogP contribution in [0.15, 0.2) is 48.5 Å². The summed E-state index contributed by atoms with van der Waals surface area (Å²) >= 11 is 0. The van der Waals surface area contributed by atoms with Gasteiger partial charge in [0.1, 0.15) is 12.8 Å². The van der Waals surface area contributed by atoms with Gasteiger partial charge in [-0.05, 0) is 22.3 Å². The Morgan fingerprint density at radius 3 is 2.26 bits per heavy atom. The topological polar surface area (TPSA) is 58.6 Å². The van der Waals surface area contributed by atoms with Gasteiger partial charge in [0, 0.05) is 5.92 Å². The number of amides is 1. The van der Waals surface area contributed by atoms with Crippen molar-refractivity contribution in [3.8, 4) is 11.1 Å². The van der Waals surface area contributed by atoms with Crippen molar-refractivity contribution in [3.05, 3.63) is 59.7 Å². The van der Waals surface area contributed by atoms with E-state index in [1.54, 1.807) is 0 Å². The number of aliphatic hydroxyl groups is 1. The van der Waals surface area contributed by atoms with Gasteiger partial charge < -0.3 is 15.2 Å². The molecule has 0 heterocycles. The molecule has 0 saturated carbocycles. The van der Waals surface area contributed by atoms with Crippen LogP contribution in [0, 0.1) is 0 Å². The molecule has 0 bridgehead atoms. The predicted octanol–water partition coefficient (Wildman–Crippen LogP) is 2.86. The summed E-state index contributed by atoms with van der Waals surface area (Å²) in [7, 11) is 0. The highest BCUT2D eigenvalue weighted by Gasteiger charge is 2.28. The highest BCUT2D eigenvalue weighted by atomic mass is 19.1. The van der Waals surface area contributed by atoms with Gasteiger partial charge in [-0.3, -0.25) is 0 Å². The summed E-state index contributed by atoms with van der Waals surface area (Å²) < 4.78 is 18.1. The van der Waals surface area contributed by atoms with E-state index in [1.165, 1.54) is 0 Å². The monoisotopic (exact) mass is 315 g/mol. The van der Waals surface area contributed by atoms with Crippen molar-refractivity contribution in [3.63, 3.8) is 0 Å². The molecule has 0 saturated heterocycles. The maximum atomic E-state index is 12.9. The summed E-state index contributed by atoms with van der Waals surface area (Å²) in [6.45, 7) is -0.688. The third-order valence-corrected chi connectivity index (χ3v) is 4.01. The number of hydrogen-bond donors (Lipinski definition) is 2. The molecule has 0 aliphatic heterocycles. The lowest BCUT2D eigenvalue weighted by atomic mass is 9.98. The number of alkyl carbamates (subject to hydrolysis) is 1. The largest absolute Gasteiger partial charge is 0.449 e. The molecular formula is C18H18FNO3. The Labute approximate surface area is 133 Å². The number of aliphatic hydroxyl groups excluding tert-OH is 1. The minimum absolute atomic E-state index is 0.0211. The first kappa shape index (κ1) is 15.5. The molecule has 120 valence electrons. The van der Waals surface area contributed by atoms with E-state index in [4.69, 9.17) is 9.84 Å². The minimum atomic E-state index is -1.48. The summed E-state index contributed by atoms with van der Waals surface area (Å²) in [5, 5.41) is 10.9. The summed E-state index contributed by atoms with van der Waals surface area (Å²) in [6, 6.07) is 16.1. The molecule has 2 aromatic carbocycles. The van der Waals surface area contributed by atoms with Crippen LogP contribution in [-0.4, -0.2) is 37.1 Å². The lowest BCUT2D eigenvalue weighted by Crippen LogP contribution is -2.33. The zero-order chi connectivity index (χ0) is 16.2. The number of nitrogens with one attached hydrogen (secondary N) is 1. The Morgan fingerprint density at radius 1 is 1.13 bits per heavy atom. The van der Waals surface area contributed by atoms with E-state index in [1.807, 2.05) is 36.4 Å². The van der Waals surface area contributed by atoms with Crippen LogP contribution in [0.4, 0.5) is 9.18 Å². The first-order valence-electron chi connectivity index (χ1n) is 7.54. The molecule has 1 aliphatic rings. The number of alkyl halides is 1. The van der Waals surface area contributed by atoms with Gasteiger partial charge >= 0.3 is 6.09 Å². The zero-order valence-corrected chi connectivity index (χ0v) is 12.5. The molecule has 0 radical (unpaired) electrons. The SMILES string of the molecule is O=C(NCC(F)CO)OCC1c2ccccc2-c2ccccc21. The molecule has 1 unspecified atom stereocenters. The van der Waals surface area contributed by atoms with E-state index in [9.17, 15) is 9.18 Å². The zero-order valence-electron chi connectivity index (χ0n) is 12.5. The first-order valence-corrected chi connectivity index (χ1v) is 7.54. The van der Waals surface area contributed by atoms with Crippen LogP contribution in [0.1, 0.15) is 17.0 Å². The van der Waals surface area contributed by atoms with Crippen LogP contribution in [0.3, 0.4) is 0 Å². The molecule has 0 fully saturated rings. The van der Waals surface area contributed by atoms with Crippen molar-refractivity contribution in [1.82, 2.24) is 5.32 Å². The summed E-state index contributed by atoms with van der Waals surface area (Å²) in [5.74, 6) is -0.0211. The molecule has 1 atom stereocenters. The maximum Gasteiger partial charge on any atom is 0.407 e. The molecule has 23 heavy (non-hydrogen) atoms. The van der Waals surface area contributed by atoms with Gasteiger partial charge in [-0.1, -0.05) is 48.5 Å². The van der Waals surface area contributed by atoms with Crippen molar-refractivity contribution in [2.45, 2.75) is 12.1 Å². The number of carbonyl (C=O) groups excluding carboxylic acids is 1. The third-order valence-electron chi connectivity index (χ3n) is 4.01. The Bertz CT molecular complexity index is 659. The summed E-state index contributed by atoms with van der Waals surface area (Å²) in [5.41, 5.74) is 4.56. The van der Waals surface area contributed by atoms with Crippen LogP contribution in [-0.2, 0) is 4.74 Å². The predicted molar refractivity (Wildman–Crippen MR) is 85.1 cm³/mol. The fraction of sp³-hybridized carbons (Fsp3) is 0.278. The molecule has 2 aromatic rings. The van der Waals surface area contributed by atoms with Crippen molar-refractivity contribution < 1.29 is 19.0 Å². The summed E-state index contributed by atoms with van der Waals surface area (Å²) in [6.07, 6.45) is -2.15. The van der Waals surface area contributed by atoms with Crippen LogP contribution in [0.5, 0.6) is 0 Å². The second-order valence-electron chi connectivity index (χ2n) is 5.49. The molecule has 4 nitrogen and oxygen atoms in total. The number of hydrogen-bond acceptors (Lipinski definition) is 3. The fourth-order valence-corrected chi connectivity index (χ4v) is 2.91. The van der Waals surface area contributed by atoms with E-state index in [-0.39, 0.29) is 19.1 Å². The Kier molecular flexibility index (Phi) is 4.57. The van der Waals surface area contributed by atoms with Gasteiger partial charge in [0.05, 0.1) is 13.2 Å². The van der Waals surface area contributed by atoms with Crippen molar-refractivity contribution in [2.24, 2.45) is 0 Å². The Morgan fingerprint density at radius 2 is 1.70 bits per heavy atom. The highest BCUT2D eigenvalue weighted by Crippen LogP contribution is 2.44. The normalized spacial score (nSPS) is 14.0. The van der Waals surface area contributed by atoms with Crippen LogP contribution < -0.4 is 5.32 Å². The van der Waals surface area contributed by atoms with Crippen molar-refractivity contribution >= 4 is 6.09 Å². The summed E-state index contributed by atoms with van der Waals surface area (Å²) in [4.78, 5) is 11.7. The molecule has 3 rings (SSSR count). The maximum absolute atomic E-state index is 12.9. The molecule has 0 spiro atoms. The molecule has 0 aromatic heterocycles. The van der Waals surface area contributed by atoms with E-state index >= 15 is 0 Å². The van der Waals surface area contributed by atoms with E-state index < -0.39 is 18.9 Å². The first-order chi connectivity index (χ1) is 11.2. The Hall–Kier alpha value is -2.40. The second kappa shape index (κ2) is 6.79. The molecule has 5 heteroatoms. The van der Waals surface area contributed by atoms with Gasteiger partial charge in [-0.2, -0.15) is 0 Å². The smallest absolute Gasteiger partial charge is 0.407 e. The number of carbonyl (C=O) groups is 1. The van der Waals surface area contributed by atoms with Crippen molar-refractivity contribution in [2.75, 3.05) is 19.8 Å².